The predicted molar refractivity (Wildman–Crippen MR) is 97.6 cm³/mol. The van der Waals surface area contributed by atoms with E-state index >= 15 is 0 Å². The molecule has 24 heavy (non-hydrogen) atoms. The van der Waals surface area contributed by atoms with Crippen molar-refractivity contribution in [3.05, 3.63) is 63.8 Å². The van der Waals surface area contributed by atoms with Crippen LogP contribution in [0.5, 0.6) is 5.75 Å². The van der Waals surface area contributed by atoms with Gasteiger partial charge < -0.3 is 14.8 Å². The smallest absolute Gasteiger partial charge is 0.310 e. The molecule has 0 bridgehead atoms. The normalized spacial score (nSPS) is 12.5. The molecular weight excluding hydrogens is 370 g/mol. The molecule has 0 aliphatic carbocycles. The molecule has 2 aromatic carbocycles. The van der Waals surface area contributed by atoms with Crippen molar-refractivity contribution in [2.75, 3.05) is 0 Å². The highest BCUT2D eigenvalue weighted by molar-refractivity contribution is 9.10. The van der Waals surface area contributed by atoms with Gasteiger partial charge in [-0.25, -0.2) is 0 Å². The Kier molecular flexibility index (Phi) is 4.37. The summed E-state index contributed by atoms with van der Waals surface area (Å²) in [6, 6.07) is 13.2. The molecule has 0 saturated carbocycles. The van der Waals surface area contributed by atoms with Crippen LogP contribution < -0.4 is 0 Å². The standard InChI is InChI=1S/C19H18BrNO3/c1-11(19(23)24)18-12(2)21(10-13-3-5-14(20)6-4-13)17-8-7-15(22)9-16(17)18/h3-9,11,22H,10H2,1-2H3,(H,23,24). The highest BCUT2D eigenvalue weighted by atomic mass is 79.9. The second-order valence-electron chi connectivity index (χ2n) is 5.97. The van der Waals surface area contributed by atoms with Gasteiger partial charge in [-0.05, 0) is 55.3 Å². The minimum atomic E-state index is -0.871. The van der Waals surface area contributed by atoms with Gasteiger partial charge in [0.15, 0.2) is 0 Å². The fourth-order valence-electron chi connectivity index (χ4n) is 3.14. The first-order valence-electron chi connectivity index (χ1n) is 7.67. The van der Waals surface area contributed by atoms with Gasteiger partial charge in [0.05, 0.1) is 5.92 Å². The van der Waals surface area contributed by atoms with Crippen molar-refractivity contribution >= 4 is 32.8 Å². The average Bonchev–Trinajstić information content (AvgIpc) is 2.80. The number of hydrogen-bond acceptors (Lipinski definition) is 2. The number of rotatable bonds is 4. The summed E-state index contributed by atoms with van der Waals surface area (Å²) in [5, 5.41) is 20.1. The summed E-state index contributed by atoms with van der Waals surface area (Å²) in [7, 11) is 0. The van der Waals surface area contributed by atoms with Crippen LogP contribution in [0.25, 0.3) is 10.9 Å². The summed E-state index contributed by atoms with van der Waals surface area (Å²) in [5.41, 5.74) is 3.72. The van der Waals surface area contributed by atoms with Crippen LogP contribution in [0, 0.1) is 6.92 Å². The van der Waals surface area contributed by atoms with E-state index in [-0.39, 0.29) is 5.75 Å². The van der Waals surface area contributed by atoms with Crippen molar-refractivity contribution in [2.24, 2.45) is 0 Å². The lowest BCUT2D eigenvalue weighted by atomic mass is 9.98. The Bertz CT molecular complexity index is 913. The van der Waals surface area contributed by atoms with E-state index in [4.69, 9.17) is 0 Å². The van der Waals surface area contributed by atoms with Gasteiger partial charge >= 0.3 is 5.97 Å². The Hall–Kier alpha value is -2.27. The Morgan fingerprint density at radius 1 is 1.21 bits per heavy atom. The maximum absolute atomic E-state index is 11.5. The van der Waals surface area contributed by atoms with E-state index in [1.54, 1.807) is 19.1 Å². The number of nitrogens with zero attached hydrogens (tertiary/aromatic N) is 1. The van der Waals surface area contributed by atoms with Crippen LogP contribution in [0.2, 0.25) is 0 Å². The average molecular weight is 388 g/mol. The highest BCUT2D eigenvalue weighted by Crippen LogP contribution is 2.34. The molecule has 0 saturated heterocycles. The number of carboxylic acid groups (broad SMARTS) is 1. The Morgan fingerprint density at radius 3 is 2.50 bits per heavy atom. The minimum Gasteiger partial charge on any atom is -0.508 e. The zero-order valence-electron chi connectivity index (χ0n) is 13.5. The Balaban J connectivity index is 2.18. The highest BCUT2D eigenvalue weighted by Gasteiger charge is 2.23. The number of fused-ring (bicyclic) bond motifs is 1. The molecule has 1 unspecified atom stereocenters. The van der Waals surface area contributed by atoms with Gasteiger partial charge in [-0.2, -0.15) is 0 Å². The van der Waals surface area contributed by atoms with Crippen molar-refractivity contribution in [3.8, 4) is 5.75 Å². The van der Waals surface area contributed by atoms with Crippen LogP contribution in [0.15, 0.2) is 46.9 Å². The van der Waals surface area contributed by atoms with Crippen LogP contribution in [0.1, 0.15) is 29.7 Å². The number of hydrogen-bond donors (Lipinski definition) is 2. The molecule has 0 aliphatic rings. The number of phenols is 1. The van der Waals surface area contributed by atoms with Crippen molar-refractivity contribution in [2.45, 2.75) is 26.3 Å². The zero-order valence-corrected chi connectivity index (χ0v) is 15.0. The fraction of sp³-hybridized carbons (Fsp3) is 0.211. The van der Waals surface area contributed by atoms with Gasteiger partial charge in [-0.1, -0.05) is 28.1 Å². The Labute approximate surface area is 148 Å². The third kappa shape index (κ3) is 2.91. The third-order valence-electron chi connectivity index (χ3n) is 4.41. The lowest BCUT2D eigenvalue weighted by Gasteiger charge is -2.11. The number of carboxylic acids is 1. The number of carbonyl (C=O) groups is 1. The number of aromatic nitrogens is 1. The molecule has 0 aliphatic heterocycles. The number of aliphatic carboxylic acids is 1. The lowest BCUT2D eigenvalue weighted by Crippen LogP contribution is -2.09. The largest absolute Gasteiger partial charge is 0.508 e. The maximum atomic E-state index is 11.5. The molecule has 0 radical (unpaired) electrons. The van der Waals surface area contributed by atoms with E-state index in [0.717, 1.165) is 32.2 Å². The van der Waals surface area contributed by atoms with Crippen LogP contribution >= 0.6 is 15.9 Å². The second-order valence-corrected chi connectivity index (χ2v) is 6.89. The van der Waals surface area contributed by atoms with Crippen LogP contribution in [0.3, 0.4) is 0 Å². The van der Waals surface area contributed by atoms with Crippen molar-refractivity contribution in [3.63, 3.8) is 0 Å². The first-order chi connectivity index (χ1) is 11.4. The van der Waals surface area contributed by atoms with Crippen molar-refractivity contribution in [1.29, 1.82) is 0 Å². The van der Waals surface area contributed by atoms with E-state index < -0.39 is 11.9 Å². The van der Waals surface area contributed by atoms with Gasteiger partial charge in [-0.3, -0.25) is 4.79 Å². The molecule has 4 nitrogen and oxygen atoms in total. The summed E-state index contributed by atoms with van der Waals surface area (Å²) >= 11 is 3.43. The first kappa shape index (κ1) is 16.6. The molecule has 1 aromatic heterocycles. The molecule has 3 aromatic rings. The van der Waals surface area contributed by atoms with Crippen LogP contribution in [0.4, 0.5) is 0 Å². The van der Waals surface area contributed by atoms with Gasteiger partial charge in [0.1, 0.15) is 5.75 Å². The number of aromatic hydroxyl groups is 1. The van der Waals surface area contributed by atoms with E-state index in [1.165, 1.54) is 0 Å². The summed E-state index contributed by atoms with van der Waals surface area (Å²) < 4.78 is 3.12. The second kappa shape index (κ2) is 6.32. The van der Waals surface area contributed by atoms with Crippen molar-refractivity contribution < 1.29 is 15.0 Å². The van der Waals surface area contributed by atoms with Crippen LogP contribution in [-0.4, -0.2) is 20.7 Å². The zero-order chi connectivity index (χ0) is 17.4. The quantitative estimate of drug-likeness (QED) is 0.684. The third-order valence-corrected chi connectivity index (χ3v) is 4.94. The molecule has 0 spiro atoms. The predicted octanol–water partition coefficient (Wildman–Crippen LogP) is 4.65. The molecule has 0 fully saturated rings. The molecule has 3 rings (SSSR count). The molecule has 1 heterocycles. The lowest BCUT2D eigenvalue weighted by molar-refractivity contribution is -0.138. The van der Waals surface area contributed by atoms with Crippen LogP contribution in [-0.2, 0) is 11.3 Å². The van der Waals surface area contributed by atoms with E-state index in [2.05, 4.69) is 20.5 Å². The maximum Gasteiger partial charge on any atom is 0.310 e. The van der Waals surface area contributed by atoms with Gasteiger partial charge in [0.2, 0.25) is 0 Å². The topological polar surface area (TPSA) is 62.5 Å². The minimum absolute atomic E-state index is 0.141. The summed E-state index contributed by atoms with van der Waals surface area (Å²) in [6.07, 6.45) is 0. The van der Waals surface area contributed by atoms with E-state index in [0.29, 0.717) is 6.54 Å². The molecule has 124 valence electrons. The monoisotopic (exact) mass is 387 g/mol. The number of phenolic OH excluding ortho intramolecular Hbond substituents is 1. The fourth-order valence-corrected chi connectivity index (χ4v) is 3.41. The molecule has 5 heteroatoms. The summed E-state index contributed by atoms with van der Waals surface area (Å²) in [6.45, 7) is 4.26. The summed E-state index contributed by atoms with van der Waals surface area (Å²) in [5.74, 6) is -1.37. The first-order valence-corrected chi connectivity index (χ1v) is 8.46. The summed E-state index contributed by atoms with van der Waals surface area (Å²) in [4.78, 5) is 11.5. The molecule has 2 N–H and O–H groups in total. The van der Waals surface area contributed by atoms with E-state index in [1.807, 2.05) is 37.3 Å². The Morgan fingerprint density at radius 2 is 1.88 bits per heavy atom. The molecule has 0 amide bonds. The van der Waals surface area contributed by atoms with E-state index in [9.17, 15) is 15.0 Å². The number of benzene rings is 2. The van der Waals surface area contributed by atoms with Gasteiger partial charge in [0, 0.05) is 27.6 Å². The van der Waals surface area contributed by atoms with Gasteiger partial charge in [-0.15, -0.1) is 0 Å². The van der Waals surface area contributed by atoms with Gasteiger partial charge in [0.25, 0.3) is 0 Å². The molecular formula is C19H18BrNO3. The molecule has 1 atom stereocenters. The number of halogens is 1. The van der Waals surface area contributed by atoms with Crippen molar-refractivity contribution in [1.82, 2.24) is 4.57 Å². The SMILES string of the molecule is Cc1c(C(C)C(=O)O)c2cc(O)ccc2n1Cc1ccc(Br)cc1.